The fourth-order valence-electron chi connectivity index (χ4n) is 2.49. The van der Waals surface area contributed by atoms with Crippen LogP contribution in [0.1, 0.15) is 18.2 Å². The van der Waals surface area contributed by atoms with Crippen molar-refractivity contribution in [2.75, 3.05) is 16.0 Å². The Morgan fingerprint density at radius 3 is 2.41 bits per heavy atom. The second kappa shape index (κ2) is 7.97. The Morgan fingerprint density at radius 1 is 1.00 bits per heavy atom. The molecule has 1 heterocycles. The third-order valence-corrected chi connectivity index (χ3v) is 3.63. The van der Waals surface area contributed by atoms with E-state index in [0.717, 1.165) is 17.1 Å². The summed E-state index contributed by atoms with van der Waals surface area (Å²) in [4.78, 5) is 19.9. The van der Waals surface area contributed by atoms with Gasteiger partial charge in [-0.25, -0.2) is 4.98 Å². The number of nitrogens with zero attached hydrogens (tertiary/aromatic N) is 3. The lowest BCUT2D eigenvalue weighted by Gasteiger charge is -2.11. The minimum Gasteiger partial charge on any atom is -0.340 e. The zero-order valence-electron chi connectivity index (χ0n) is 14.9. The van der Waals surface area contributed by atoms with Crippen LogP contribution in [0.2, 0.25) is 0 Å². The molecule has 0 spiro atoms. The summed E-state index contributed by atoms with van der Waals surface area (Å²) >= 11 is 0. The molecule has 0 aliphatic carbocycles. The summed E-state index contributed by atoms with van der Waals surface area (Å²) in [6, 6.07) is 18.4. The Labute approximate surface area is 157 Å². The molecule has 1 amide bonds. The van der Waals surface area contributed by atoms with E-state index in [1.54, 1.807) is 30.3 Å². The summed E-state index contributed by atoms with van der Waals surface area (Å²) in [5.74, 6) is 0.900. The van der Waals surface area contributed by atoms with Crippen LogP contribution in [-0.2, 0) is 4.79 Å². The SMILES string of the molecule is CC(=O)Nc1ccc(Nc2cc(C)nc(Nc3ccccc3C#N)n2)cc1. The molecule has 3 rings (SSSR count). The Kier molecular flexibility index (Phi) is 5.28. The van der Waals surface area contributed by atoms with E-state index in [0.29, 0.717) is 23.0 Å². The number of hydrogen-bond donors (Lipinski definition) is 3. The Balaban J connectivity index is 1.79. The minimum absolute atomic E-state index is 0.115. The largest absolute Gasteiger partial charge is 0.340 e. The first-order chi connectivity index (χ1) is 13.0. The van der Waals surface area contributed by atoms with Gasteiger partial charge in [-0.15, -0.1) is 0 Å². The monoisotopic (exact) mass is 358 g/mol. The lowest BCUT2D eigenvalue weighted by molar-refractivity contribution is -0.114. The molecule has 0 radical (unpaired) electrons. The molecule has 0 saturated carbocycles. The van der Waals surface area contributed by atoms with Crippen LogP contribution in [0.25, 0.3) is 0 Å². The third-order valence-electron chi connectivity index (χ3n) is 3.63. The number of aryl methyl sites for hydroxylation is 1. The molecule has 0 fully saturated rings. The lowest BCUT2D eigenvalue weighted by Crippen LogP contribution is -2.05. The van der Waals surface area contributed by atoms with Crippen molar-refractivity contribution >= 4 is 34.7 Å². The van der Waals surface area contributed by atoms with E-state index in [2.05, 4.69) is 32.0 Å². The van der Waals surface area contributed by atoms with Gasteiger partial charge in [0.1, 0.15) is 11.9 Å². The predicted octanol–water partition coefficient (Wildman–Crippen LogP) is 4.10. The zero-order chi connectivity index (χ0) is 19.2. The van der Waals surface area contributed by atoms with E-state index in [9.17, 15) is 10.1 Å². The average Bonchev–Trinajstić information content (AvgIpc) is 2.63. The maximum atomic E-state index is 11.1. The molecule has 0 atom stereocenters. The molecule has 3 aromatic rings. The van der Waals surface area contributed by atoms with Gasteiger partial charge in [-0.1, -0.05) is 12.1 Å². The van der Waals surface area contributed by atoms with Crippen LogP contribution in [0.4, 0.5) is 28.8 Å². The molecule has 2 aromatic carbocycles. The van der Waals surface area contributed by atoms with E-state index in [1.165, 1.54) is 6.92 Å². The average molecular weight is 358 g/mol. The predicted molar refractivity (Wildman–Crippen MR) is 105 cm³/mol. The minimum atomic E-state index is -0.115. The van der Waals surface area contributed by atoms with Crippen LogP contribution in [0.3, 0.4) is 0 Å². The highest BCUT2D eigenvalue weighted by Gasteiger charge is 2.06. The first-order valence-electron chi connectivity index (χ1n) is 8.30. The van der Waals surface area contributed by atoms with E-state index >= 15 is 0 Å². The highest BCUT2D eigenvalue weighted by molar-refractivity contribution is 5.88. The molecule has 0 unspecified atom stereocenters. The van der Waals surface area contributed by atoms with Gasteiger partial charge >= 0.3 is 0 Å². The topological polar surface area (TPSA) is 103 Å². The molecule has 1 aromatic heterocycles. The Bertz CT molecular complexity index is 1010. The summed E-state index contributed by atoms with van der Waals surface area (Å²) in [6.07, 6.45) is 0. The van der Waals surface area contributed by atoms with Crippen LogP contribution in [-0.4, -0.2) is 15.9 Å². The van der Waals surface area contributed by atoms with Crippen molar-refractivity contribution < 1.29 is 4.79 Å². The molecule has 0 aliphatic heterocycles. The summed E-state index contributed by atoms with van der Waals surface area (Å²) in [5, 5.41) is 18.2. The van der Waals surface area contributed by atoms with Gasteiger partial charge in [0.25, 0.3) is 0 Å². The first kappa shape index (κ1) is 17.9. The number of para-hydroxylation sites is 1. The maximum absolute atomic E-state index is 11.1. The molecule has 27 heavy (non-hydrogen) atoms. The number of carbonyl (C=O) groups excluding carboxylic acids is 1. The number of nitriles is 1. The number of benzene rings is 2. The van der Waals surface area contributed by atoms with Crippen LogP contribution >= 0.6 is 0 Å². The number of rotatable bonds is 5. The van der Waals surface area contributed by atoms with Crippen molar-refractivity contribution in [1.29, 1.82) is 5.26 Å². The molecule has 3 N–H and O–H groups in total. The van der Waals surface area contributed by atoms with Gasteiger partial charge in [0.15, 0.2) is 0 Å². The molecular formula is C20H18N6O. The van der Waals surface area contributed by atoms with Crippen LogP contribution in [0, 0.1) is 18.3 Å². The van der Waals surface area contributed by atoms with Crippen molar-refractivity contribution in [1.82, 2.24) is 9.97 Å². The van der Waals surface area contributed by atoms with E-state index < -0.39 is 0 Å². The second-order valence-electron chi connectivity index (χ2n) is 5.88. The van der Waals surface area contributed by atoms with Crippen LogP contribution in [0.5, 0.6) is 0 Å². The second-order valence-corrected chi connectivity index (χ2v) is 5.88. The van der Waals surface area contributed by atoms with Crippen molar-refractivity contribution in [3.05, 3.63) is 65.9 Å². The van der Waals surface area contributed by atoms with Crippen molar-refractivity contribution in [2.45, 2.75) is 13.8 Å². The first-order valence-corrected chi connectivity index (χ1v) is 8.30. The number of hydrogen-bond acceptors (Lipinski definition) is 6. The molecule has 0 saturated heterocycles. The van der Waals surface area contributed by atoms with Gasteiger partial charge in [0, 0.05) is 30.1 Å². The molecule has 134 valence electrons. The number of carbonyl (C=O) groups is 1. The number of nitrogens with one attached hydrogen (secondary N) is 3. The van der Waals surface area contributed by atoms with Crippen LogP contribution < -0.4 is 16.0 Å². The van der Waals surface area contributed by atoms with Crippen LogP contribution in [0.15, 0.2) is 54.6 Å². The van der Waals surface area contributed by atoms with E-state index in [1.807, 2.05) is 31.2 Å². The van der Waals surface area contributed by atoms with Gasteiger partial charge in [-0.3, -0.25) is 4.79 Å². The van der Waals surface area contributed by atoms with E-state index in [-0.39, 0.29) is 5.91 Å². The summed E-state index contributed by atoms with van der Waals surface area (Å²) < 4.78 is 0. The fraction of sp³-hybridized carbons (Fsp3) is 0.100. The van der Waals surface area contributed by atoms with Gasteiger partial charge in [0.2, 0.25) is 11.9 Å². The molecule has 0 aliphatic rings. The standard InChI is InChI=1S/C20H18N6O/c1-13-11-19(24-17-9-7-16(8-10-17)23-14(2)27)26-20(22-13)25-18-6-4-3-5-15(18)12-21/h3-11H,1-2H3,(H,23,27)(H2,22,24,25,26). The summed E-state index contributed by atoms with van der Waals surface area (Å²) in [6.45, 7) is 3.34. The normalized spacial score (nSPS) is 9.96. The van der Waals surface area contributed by atoms with Crippen molar-refractivity contribution in [2.24, 2.45) is 0 Å². The number of aromatic nitrogens is 2. The number of amides is 1. The Morgan fingerprint density at radius 2 is 1.70 bits per heavy atom. The Hall–Kier alpha value is -3.92. The molecular weight excluding hydrogens is 340 g/mol. The third kappa shape index (κ3) is 4.80. The smallest absolute Gasteiger partial charge is 0.229 e. The van der Waals surface area contributed by atoms with Gasteiger partial charge in [-0.2, -0.15) is 10.2 Å². The van der Waals surface area contributed by atoms with Gasteiger partial charge in [-0.05, 0) is 43.3 Å². The highest BCUT2D eigenvalue weighted by atomic mass is 16.1. The molecule has 0 bridgehead atoms. The molecule has 7 heteroatoms. The number of anilines is 5. The lowest BCUT2D eigenvalue weighted by atomic mass is 10.2. The van der Waals surface area contributed by atoms with Crippen molar-refractivity contribution in [3.8, 4) is 6.07 Å². The summed E-state index contributed by atoms with van der Waals surface area (Å²) in [7, 11) is 0. The fourth-order valence-corrected chi connectivity index (χ4v) is 2.49. The summed E-state index contributed by atoms with van der Waals surface area (Å²) in [5.41, 5.74) is 3.49. The highest BCUT2D eigenvalue weighted by Crippen LogP contribution is 2.22. The maximum Gasteiger partial charge on any atom is 0.229 e. The van der Waals surface area contributed by atoms with Gasteiger partial charge < -0.3 is 16.0 Å². The van der Waals surface area contributed by atoms with E-state index in [4.69, 9.17) is 0 Å². The quantitative estimate of drug-likeness (QED) is 0.634. The molecule has 7 nitrogen and oxygen atoms in total. The van der Waals surface area contributed by atoms with Gasteiger partial charge in [0.05, 0.1) is 11.3 Å². The van der Waals surface area contributed by atoms with Crippen molar-refractivity contribution in [3.63, 3.8) is 0 Å². The zero-order valence-corrected chi connectivity index (χ0v) is 14.9.